The van der Waals surface area contributed by atoms with Crippen LogP contribution in [0.3, 0.4) is 0 Å². The summed E-state index contributed by atoms with van der Waals surface area (Å²) < 4.78 is 1.74. The van der Waals surface area contributed by atoms with E-state index in [0.29, 0.717) is 12.0 Å². The maximum absolute atomic E-state index is 12.6. The molecule has 98 valence electrons. The average Bonchev–Trinajstić information content (AvgIpc) is 3.01. The van der Waals surface area contributed by atoms with E-state index in [1.165, 1.54) is 0 Å². The van der Waals surface area contributed by atoms with Gasteiger partial charge in [-0.2, -0.15) is 5.10 Å². The van der Waals surface area contributed by atoms with Crippen LogP contribution in [0.25, 0.3) is 0 Å². The number of nitrogens with zero attached hydrogens (tertiary/aromatic N) is 3. The van der Waals surface area contributed by atoms with Crippen molar-refractivity contribution in [1.29, 1.82) is 0 Å². The van der Waals surface area contributed by atoms with Crippen molar-refractivity contribution in [2.75, 3.05) is 19.6 Å². The van der Waals surface area contributed by atoms with Crippen molar-refractivity contribution >= 4 is 5.91 Å². The van der Waals surface area contributed by atoms with Crippen LogP contribution < -0.4 is 5.32 Å². The summed E-state index contributed by atoms with van der Waals surface area (Å²) in [5.41, 5.74) is 1.70. The minimum atomic E-state index is 0.163. The first-order valence-electron chi connectivity index (χ1n) is 6.75. The predicted octanol–water partition coefficient (Wildman–Crippen LogP) is 0.416. The molecular weight excluding hydrogens is 228 g/mol. The molecule has 0 radical (unpaired) electrons. The Morgan fingerprint density at radius 3 is 3.17 bits per heavy atom. The maximum Gasteiger partial charge on any atom is 0.257 e. The minimum absolute atomic E-state index is 0.163. The molecule has 0 spiro atoms. The largest absolute Gasteiger partial charge is 0.334 e. The van der Waals surface area contributed by atoms with Crippen LogP contribution in [0.5, 0.6) is 0 Å². The van der Waals surface area contributed by atoms with Gasteiger partial charge in [0.1, 0.15) is 0 Å². The molecule has 1 amide bonds. The van der Waals surface area contributed by atoms with Crippen LogP contribution in [0.2, 0.25) is 0 Å². The molecule has 0 bridgehead atoms. The number of hydrogen-bond acceptors (Lipinski definition) is 3. The van der Waals surface area contributed by atoms with Crippen LogP contribution in [-0.4, -0.2) is 46.3 Å². The zero-order chi connectivity index (χ0) is 12.7. The molecule has 1 N–H and O–H groups in total. The van der Waals surface area contributed by atoms with Gasteiger partial charge >= 0.3 is 0 Å². The lowest BCUT2D eigenvalue weighted by Gasteiger charge is -2.23. The first kappa shape index (κ1) is 11.7. The Balaban J connectivity index is 1.85. The Kier molecular flexibility index (Phi) is 2.86. The number of rotatable bonds is 2. The third-order valence-electron chi connectivity index (χ3n) is 4.18. The molecule has 0 aromatic carbocycles. The fourth-order valence-electron chi connectivity index (χ4n) is 3.23. The number of carbonyl (C=O) groups excluding carboxylic acids is 1. The van der Waals surface area contributed by atoms with Crippen LogP contribution in [-0.2, 0) is 13.5 Å². The van der Waals surface area contributed by atoms with Crippen molar-refractivity contribution in [3.05, 3.63) is 17.5 Å². The standard InChI is InChI=1S/C13H20N4O/c1-3-11-10(8-16(2)15-11)13(18)17-5-4-9-6-14-7-12(9)17/h8-9,12,14H,3-7H2,1-2H3/t9-,12+/m0/s1. The highest BCUT2D eigenvalue weighted by atomic mass is 16.2. The van der Waals surface area contributed by atoms with E-state index in [0.717, 1.165) is 43.7 Å². The molecular formula is C13H20N4O. The van der Waals surface area contributed by atoms with E-state index in [1.807, 2.05) is 25.1 Å². The number of amides is 1. The summed E-state index contributed by atoms with van der Waals surface area (Å²) in [4.78, 5) is 14.7. The summed E-state index contributed by atoms with van der Waals surface area (Å²) in [6, 6.07) is 0.391. The summed E-state index contributed by atoms with van der Waals surface area (Å²) >= 11 is 0. The lowest BCUT2D eigenvalue weighted by Crippen LogP contribution is -2.39. The monoisotopic (exact) mass is 248 g/mol. The summed E-state index contributed by atoms with van der Waals surface area (Å²) in [6.45, 7) is 4.94. The maximum atomic E-state index is 12.6. The van der Waals surface area contributed by atoms with E-state index in [2.05, 4.69) is 10.4 Å². The highest BCUT2D eigenvalue weighted by Gasteiger charge is 2.40. The number of hydrogen-bond donors (Lipinski definition) is 1. The van der Waals surface area contributed by atoms with Gasteiger partial charge in [-0.1, -0.05) is 6.92 Å². The van der Waals surface area contributed by atoms with Crippen LogP contribution in [0, 0.1) is 5.92 Å². The van der Waals surface area contributed by atoms with E-state index in [9.17, 15) is 4.79 Å². The Labute approximate surface area is 107 Å². The van der Waals surface area contributed by atoms with E-state index in [4.69, 9.17) is 0 Å². The minimum Gasteiger partial charge on any atom is -0.334 e. The van der Waals surface area contributed by atoms with E-state index in [-0.39, 0.29) is 5.91 Å². The van der Waals surface area contributed by atoms with Gasteiger partial charge in [0, 0.05) is 38.9 Å². The molecule has 5 heteroatoms. The third kappa shape index (κ3) is 1.73. The molecule has 2 aliphatic rings. The molecule has 1 aromatic rings. The smallest absolute Gasteiger partial charge is 0.257 e. The second kappa shape index (κ2) is 4.39. The molecule has 2 atom stereocenters. The summed E-state index contributed by atoms with van der Waals surface area (Å²) in [5, 5.41) is 7.74. The van der Waals surface area contributed by atoms with Crippen LogP contribution in [0.15, 0.2) is 6.20 Å². The van der Waals surface area contributed by atoms with Gasteiger partial charge in [0.15, 0.2) is 0 Å². The van der Waals surface area contributed by atoms with Gasteiger partial charge in [0.2, 0.25) is 0 Å². The second-order valence-electron chi connectivity index (χ2n) is 5.29. The molecule has 2 fully saturated rings. The number of aromatic nitrogens is 2. The number of likely N-dealkylation sites (tertiary alicyclic amines) is 1. The van der Waals surface area contributed by atoms with Crippen molar-refractivity contribution in [3.8, 4) is 0 Å². The zero-order valence-corrected chi connectivity index (χ0v) is 11.0. The normalized spacial score (nSPS) is 26.7. The number of carbonyl (C=O) groups is 1. The Hall–Kier alpha value is -1.36. The van der Waals surface area contributed by atoms with Crippen molar-refractivity contribution in [2.45, 2.75) is 25.8 Å². The lowest BCUT2D eigenvalue weighted by atomic mass is 10.0. The summed E-state index contributed by atoms with van der Waals surface area (Å²) in [5.74, 6) is 0.812. The molecule has 18 heavy (non-hydrogen) atoms. The summed E-state index contributed by atoms with van der Waals surface area (Å²) in [7, 11) is 1.87. The number of aryl methyl sites for hydroxylation is 2. The highest BCUT2D eigenvalue weighted by Crippen LogP contribution is 2.28. The quantitative estimate of drug-likeness (QED) is 0.825. The number of fused-ring (bicyclic) bond motifs is 1. The molecule has 3 rings (SSSR count). The first-order chi connectivity index (χ1) is 8.70. The fraction of sp³-hybridized carbons (Fsp3) is 0.692. The van der Waals surface area contributed by atoms with Gasteiger partial charge in [-0.25, -0.2) is 0 Å². The molecule has 1 aromatic heterocycles. The SMILES string of the molecule is CCc1nn(C)cc1C(=O)N1CC[C@H]2CNC[C@H]21. The van der Waals surface area contributed by atoms with E-state index in [1.54, 1.807) is 4.68 Å². The Morgan fingerprint density at radius 1 is 1.56 bits per heavy atom. The van der Waals surface area contributed by atoms with Crippen LogP contribution in [0.1, 0.15) is 29.4 Å². The zero-order valence-electron chi connectivity index (χ0n) is 11.0. The van der Waals surface area contributed by atoms with Gasteiger partial charge in [0.05, 0.1) is 11.3 Å². The molecule has 0 aliphatic carbocycles. The van der Waals surface area contributed by atoms with Crippen molar-refractivity contribution in [3.63, 3.8) is 0 Å². The van der Waals surface area contributed by atoms with Gasteiger partial charge in [-0.3, -0.25) is 9.48 Å². The summed E-state index contributed by atoms with van der Waals surface area (Å²) in [6.07, 6.45) is 3.80. The van der Waals surface area contributed by atoms with Gasteiger partial charge in [-0.15, -0.1) is 0 Å². The first-order valence-corrected chi connectivity index (χ1v) is 6.75. The van der Waals surface area contributed by atoms with Gasteiger partial charge < -0.3 is 10.2 Å². The molecule has 5 nitrogen and oxygen atoms in total. The topological polar surface area (TPSA) is 50.2 Å². The van der Waals surface area contributed by atoms with Crippen molar-refractivity contribution in [2.24, 2.45) is 13.0 Å². The molecule has 0 saturated carbocycles. The van der Waals surface area contributed by atoms with Crippen molar-refractivity contribution < 1.29 is 4.79 Å². The Bertz CT molecular complexity index is 468. The van der Waals surface area contributed by atoms with Gasteiger partial charge in [-0.05, 0) is 18.8 Å². The molecule has 2 aliphatic heterocycles. The third-order valence-corrected chi connectivity index (χ3v) is 4.18. The van der Waals surface area contributed by atoms with Gasteiger partial charge in [0.25, 0.3) is 5.91 Å². The Morgan fingerprint density at radius 2 is 2.39 bits per heavy atom. The van der Waals surface area contributed by atoms with Crippen LogP contribution in [0.4, 0.5) is 0 Å². The molecule has 0 unspecified atom stereocenters. The van der Waals surface area contributed by atoms with Crippen LogP contribution >= 0.6 is 0 Å². The van der Waals surface area contributed by atoms with E-state index < -0.39 is 0 Å². The molecule has 2 saturated heterocycles. The molecule has 3 heterocycles. The highest BCUT2D eigenvalue weighted by molar-refractivity contribution is 5.95. The lowest BCUT2D eigenvalue weighted by molar-refractivity contribution is 0.0736. The fourth-order valence-corrected chi connectivity index (χ4v) is 3.23. The predicted molar refractivity (Wildman–Crippen MR) is 68.4 cm³/mol. The van der Waals surface area contributed by atoms with Crippen molar-refractivity contribution in [1.82, 2.24) is 20.0 Å². The number of nitrogens with one attached hydrogen (secondary N) is 1. The average molecular weight is 248 g/mol. The second-order valence-corrected chi connectivity index (χ2v) is 5.29. The van der Waals surface area contributed by atoms with E-state index >= 15 is 0 Å².